The molecule has 0 aromatic heterocycles. The van der Waals surface area contributed by atoms with Crippen molar-refractivity contribution in [2.45, 2.75) is 13.2 Å². The van der Waals surface area contributed by atoms with Gasteiger partial charge < -0.3 is 9.84 Å². The predicted molar refractivity (Wildman–Crippen MR) is 54.2 cm³/mol. The number of ether oxygens (including phenoxy) is 1. The van der Waals surface area contributed by atoms with Crippen molar-refractivity contribution in [3.63, 3.8) is 0 Å². The zero-order chi connectivity index (χ0) is 9.97. The van der Waals surface area contributed by atoms with E-state index in [4.69, 9.17) is 9.84 Å². The van der Waals surface area contributed by atoms with Gasteiger partial charge in [-0.3, -0.25) is 4.90 Å². The van der Waals surface area contributed by atoms with Crippen LogP contribution in [0.5, 0.6) is 5.75 Å². The number of hydrogen-bond donors (Lipinski definition) is 1. The molecular formula is C11H15NO2. The van der Waals surface area contributed by atoms with Crippen molar-refractivity contribution in [3.8, 4) is 5.75 Å². The first-order chi connectivity index (χ1) is 6.79. The molecule has 0 unspecified atom stereocenters. The Bertz CT molecular complexity index is 325. The summed E-state index contributed by atoms with van der Waals surface area (Å²) in [6.07, 6.45) is 0. The molecule has 0 saturated heterocycles. The number of hydrogen-bond acceptors (Lipinski definition) is 3. The normalized spacial score (nSPS) is 17.0. The van der Waals surface area contributed by atoms with Crippen LogP contribution in [0.1, 0.15) is 11.1 Å². The number of fused-ring (bicyclic) bond motifs is 1. The Kier molecular flexibility index (Phi) is 2.70. The zero-order valence-corrected chi connectivity index (χ0v) is 8.36. The van der Waals surface area contributed by atoms with E-state index >= 15 is 0 Å². The van der Waals surface area contributed by atoms with Gasteiger partial charge in [-0.1, -0.05) is 6.07 Å². The Labute approximate surface area is 83.9 Å². The topological polar surface area (TPSA) is 32.7 Å². The Balaban J connectivity index is 2.32. The highest BCUT2D eigenvalue weighted by Gasteiger charge is 2.12. The second-order valence-corrected chi connectivity index (χ2v) is 3.69. The van der Waals surface area contributed by atoms with Crippen LogP contribution in [-0.4, -0.2) is 30.2 Å². The summed E-state index contributed by atoms with van der Waals surface area (Å²) < 4.78 is 5.60. The van der Waals surface area contributed by atoms with E-state index in [2.05, 4.69) is 11.9 Å². The summed E-state index contributed by atoms with van der Waals surface area (Å²) in [4.78, 5) is 2.22. The second-order valence-electron chi connectivity index (χ2n) is 3.69. The van der Waals surface area contributed by atoms with Gasteiger partial charge in [-0.15, -0.1) is 0 Å². The summed E-state index contributed by atoms with van der Waals surface area (Å²) >= 11 is 0. The molecule has 1 aliphatic rings. The van der Waals surface area contributed by atoms with Crippen molar-refractivity contribution in [1.29, 1.82) is 0 Å². The van der Waals surface area contributed by atoms with Crippen LogP contribution < -0.4 is 4.74 Å². The van der Waals surface area contributed by atoms with Gasteiger partial charge in [-0.2, -0.15) is 0 Å². The molecule has 1 N–H and O–H groups in total. The fourth-order valence-electron chi connectivity index (χ4n) is 1.68. The number of likely N-dealkylation sites (N-methyl/N-ethyl adjacent to an activating group) is 1. The van der Waals surface area contributed by atoms with Gasteiger partial charge in [-0.25, -0.2) is 0 Å². The third-order valence-electron chi connectivity index (χ3n) is 2.48. The molecule has 76 valence electrons. The smallest absolute Gasteiger partial charge is 0.123 e. The molecule has 14 heavy (non-hydrogen) atoms. The largest absolute Gasteiger partial charge is 0.492 e. The molecule has 0 aliphatic carbocycles. The van der Waals surface area contributed by atoms with Gasteiger partial charge in [0.05, 0.1) is 6.61 Å². The third-order valence-corrected chi connectivity index (χ3v) is 2.48. The van der Waals surface area contributed by atoms with Crippen LogP contribution in [0.15, 0.2) is 18.2 Å². The lowest BCUT2D eigenvalue weighted by Crippen LogP contribution is -2.20. The van der Waals surface area contributed by atoms with Crippen molar-refractivity contribution in [3.05, 3.63) is 29.3 Å². The minimum absolute atomic E-state index is 0.0942. The molecule has 2 rings (SSSR count). The van der Waals surface area contributed by atoms with E-state index in [1.54, 1.807) is 0 Å². The average Bonchev–Trinajstić information content (AvgIpc) is 2.37. The summed E-state index contributed by atoms with van der Waals surface area (Å²) in [7, 11) is 2.07. The van der Waals surface area contributed by atoms with Gasteiger partial charge in [0.2, 0.25) is 0 Å². The molecule has 3 heteroatoms. The molecule has 0 saturated carbocycles. The zero-order valence-electron chi connectivity index (χ0n) is 8.36. The minimum atomic E-state index is 0.0942. The van der Waals surface area contributed by atoms with Crippen LogP contribution in [0.4, 0.5) is 0 Å². The summed E-state index contributed by atoms with van der Waals surface area (Å²) in [6, 6.07) is 5.86. The molecular weight excluding hydrogens is 178 g/mol. The fourth-order valence-corrected chi connectivity index (χ4v) is 1.68. The lowest BCUT2D eigenvalue weighted by molar-refractivity contribution is 0.259. The van der Waals surface area contributed by atoms with Crippen LogP contribution in [0.3, 0.4) is 0 Å². The van der Waals surface area contributed by atoms with Crippen molar-refractivity contribution < 1.29 is 9.84 Å². The molecule has 0 amide bonds. The summed E-state index contributed by atoms with van der Waals surface area (Å²) in [5.41, 5.74) is 2.11. The van der Waals surface area contributed by atoms with Crippen LogP contribution in [0.2, 0.25) is 0 Å². The van der Waals surface area contributed by atoms with Crippen molar-refractivity contribution >= 4 is 0 Å². The van der Waals surface area contributed by atoms with Crippen molar-refractivity contribution in [2.24, 2.45) is 0 Å². The quantitative estimate of drug-likeness (QED) is 0.722. The van der Waals surface area contributed by atoms with E-state index in [-0.39, 0.29) is 6.61 Å². The number of nitrogens with zero attached hydrogens (tertiary/aromatic N) is 1. The molecule has 1 aromatic carbocycles. The van der Waals surface area contributed by atoms with Crippen LogP contribution >= 0.6 is 0 Å². The molecule has 3 nitrogen and oxygen atoms in total. The standard InChI is InChI=1S/C11H15NO2/c1-12-4-5-14-11-3-2-9(8-13)6-10(11)7-12/h2-3,6,13H,4-5,7-8H2,1H3. The minimum Gasteiger partial charge on any atom is -0.492 e. The van der Waals surface area contributed by atoms with Gasteiger partial charge in [0.15, 0.2) is 0 Å². The molecule has 1 aliphatic heterocycles. The SMILES string of the molecule is CN1CCOc2ccc(CO)cc2C1. The predicted octanol–water partition coefficient (Wildman–Crippen LogP) is 1.00. The summed E-state index contributed by atoms with van der Waals surface area (Å²) in [5, 5.41) is 9.02. The number of aliphatic hydroxyl groups is 1. The van der Waals surface area contributed by atoms with Crippen molar-refractivity contribution in [1.82, 2.24) is 4.90 Å². The van der Waals surface area contributed by atoms with Crippen LogP contribution in [0, 0.1) is 0 Å². The van der Waals surface area contributed by atoms with Gasteiger partial charge in [-0.05, 0) is 24.7 Å². The van der Waals surface area contributed by atoms with Gasteiger partial charge in [0, 0.05) is 18.7 Å². The number of benzene rings is 1. The monoisotopic (exact) mass is 193 g/mol. The van der Waals surface area contributed by atoms with E-state index in [1.165, 1.54) is 0 Å². The second kappa shape index (κ2) is 3.98. The molecule has 0 radical (unpaired) electrons. The number of aliphatic hydroxyl groups excluding tert-OH is 1. The van der Waals surface area contributed by atoms with E-state index < -0.39 is 0 Å². The molecule has 1 aromatic rings. The van der Waals surface area contributed by atoms with Gasteiger partial charge in [0.1, 0.15) is 12.4 Å². The van der Waals surface area contributed by atoms with E-state index in [9.17, 15) is 0 Å². The van der Waals surface area contributed by atoms with Gasteiger partial charge >= 0.3 is 0 Å². The average molecular weight is 193 g/mol. The van der Waals surface area contributed by atoms with Gasteiger partial charge in [0.25, 0.3) is 0 Å². The first-order valence-corrected chi connectivity index (χ1v) is 4.83. The highest BCUT2D eigenvalue weighted by Crippen LogP contribution is 2.23. The molecule has 0 atom stereocenters. The number of rotatable bonds is 1. The highest BCUT2D eigenvalue weighted by molar-refractivity contribution is 5.37. The maximum atomic E-state index is 9.02. The van der Waals surface area contributed by atoms with E-state index in [0.29, 0.717) is 0 Å². The Hall–Kier alpha value is -1.06. The fraction of sp³-hybridized carbons (Fsp3) is 0.455. The molecule has 0 fully saturated rings. The first-order valence-electron chi connectivity index (χ1n) is 4.83. The van der Waals surface area contributed by atoms with E-state index in [0.717, 1.165) is 36.6 Å². The highest BCUT2D eigenvalue weighted by atomic mass is 16.5. The lowest BCUT2D eigenvalue weighted by atomic mass is 10.1. The Morgan fingerprint density at radius 2 is 2.36 bits per heavy atom. The maximum absolute atomic E-state index is 9.02. The lowest BCUT2D eigenvalue weighted by Gasteiger charge is -2.11. The molecule has 0 spiro atoms. The molecule has 0 bridgehead atoms. The maximum Gasteiger partial charge on any atom is 0.123 e. The summed E-state index contributed by atoms with van der Waals surface area (Å²) in [5.74, 6) is 0.951. The Morgan fingerprint density at radius 1 is 1.50 bits per heavy atom. The summed E-state index contributed by atoms with van der Waals surface area (Å²) in [6.45, 7) is 2.67. The van der Waals surface area contributed by atoms with Crippen molar-refractivity contribution in [2.75, 3.05) is 20.2 Å². The Morgan fingerprint density at radius 3 is 3.14 bits per heavy atom. The third kappa shape index (κ3) is 1.89. The first kappa shape index (κ1) is 9.49. The van der Waals surface area contributed by atoms with E-state index in [1.807, 2.05) is 18.2 Å². The molecule has 1 heterocycles. The van der Waals surface area contributed by atoms with Crippen LogP contribution in [0.25, 0.3) is 0 Å². The van der Waals surface area contributed by atoms with Crippen LogP contribution in [-0.2, 0) is 13.2 Å².